The zero-order valence-corrected chi connectivity index (χ0v) is 10.3. The first-order valence-corrected chi connectivity index (χ1v) is 6.30. The Morgan fingerprint density at radius 3 is 2.33 bits per heavy atom. The summed E-state index contributed by atoms with van der Waals surface area (Å²) in [5, 5.41) is 0. The fourth-order valence-electron chi connectivity index (χ4n) is 2.45. The van der Waals surface area contributed by atoms with E-state index < -0.39 is 0 Å². The van der Waals surface area contributed by atoms with E-state index in [9.17, 15) is 0 Å². The lowest BCUT2D eigenvalue weighted by Gasteiger charge is -2.25. The average molecular weight is 203 g/mol. The Balaban J connectivity index is 2.81. The van der Waals surface area contributed by atoms with E-state index in [4.69, 9.17) is 0 Å². The summed E-state index contributed by atoms with van der Waals surface area (Å²) in [5.41, 5.74) is 1.41. The Kier molecular flexibility index (Phi) is 5.45. The van der Waals surface area contributed by atoms with E-state index in [1.54, 1.807) is 0 Å². The van der Waals surface area contributed by atoms with Crippen molar-refractivity contribution in [1.82, 2.24) is 0 Å². The van der Waals surface area contributed by atoms with Crippen molar-refractivity contribution in [2.24, 2.45) is 5.92 Å². The first-order chi connectivity index (χ1) is 7.33. The maximum absolute atomic E-state index is 3.40. The lowest BCUT2D eigenvalue weighted by molar-refractivity contribution is 0.376. The van der Waals surface area contributed by atoms with Crippen LogP contribution in [-0.4, -0.2) is 0 Å². The molecule has 0 aliphatic carbocycles. The summed E-state index contributed by atoms with van der Waals surface area (Å²) in [7, 11) is 0. The van der Waals surface area contributed by atoms with Gasteiger partial charge in [0, 0.05) is 0 Å². The average Bonchev–Trinajstić information content (AvgIpc) is 2.30. The molecule has 0 aliphatic rings. The van der Waals surface area contributed by atoms with Crippen LogP contribution in [0.5, 0.6) is 0 Å². The van der Waals surface area contributed by atoms with Gasteiger partial charge in [-0.2, -0.15) is 0 Å². The van der Waals surface area contributed by atoms with E-state index in [0.29, 0.717) is 5.92 Å². The Hall–Kier alpha value is -0.780. The van der Waals surface area contributed by atoms with Gasteiger partial charge in [-0.25, -0.2) is 0 Å². The highest BCUT2D eigenvalue weighted by atomic mass is 14.2. The maximum atomic E-state index is 3.40. The third-order valence-corrected chi connectivity index (χ3v) is 3.35. The third-order valence-electron chi connectivity index (χ3n) is 3.35. The van der Waals surface area contributed by atoms with Crippen LogP contribution in [0.25, 0.3) is 0 Å². The molecule has 0 bridgehead atoms. The Morgan fingerprint density at radius 1 is 1.13 bits per heavy atom. The number of rotatable bonds is 6. The SMILES string of the molecule is CCCC(c1[c]cccc1)C(CC)CC. The smallest absolute Gasteiger partial charge is 0.0128 e. The molecule has 0 fully saturated rings. The van der Waals surface area contributed by atoms with Crippen LogP contribution in [0.3, 0.4) is 0 Å². The van der Waals surface area contributed by atoms with Crippen LogP contribution in [0.15, 0.2) is 24.3 Å². The van der Waals surface area contributed by atoms with Crippen molar-refractivity contribution < 1.29 is 0 Å². The Labute approximate surface area is 94.7 Å². The van der Waals surface area contributed by atoms with Gasteiger partial charge in [0.05, 0.1) is 0 Å². The highest BCUT2D eigenvalue weighted by Gasteiger charge is 2.19. The van der Waals surface area contributed by atoms with Gasteiger partial charge in [-0.1, -0.05) is 64.3 Å². The molecule has 1 rings (SSSR count). The molecule has 0 N–H and O–H groups in total. The molecule has 0 aromatic heterocycles. The van der Waals surface area contributed by atoms with Crippen LogP contribution in [0.2, 0.25) is 0 Å². The van der Waals surface area contributed by atoms with Gasteiger partial charge >= 0.3 is 0 Å². The second-order valence-corrected chi connectivity index (χ2v) is 4.29. The molecule has 1 aromatic rings. The number of hydrogen-bond acceptors (Lipinski definition) is 0. The largest absolute Gasteiger partial charge is 0.0654 e. The molecule has 1 radical (unpaired) electrons. The summed E-state index contributed by atoms with van der Waals surface area (Å²) in [6.07, 6.45) is 5.13. The second-order valence-electron chi connectivity index (χ2n) is 4.29. The van der Waals surface area contributed by atoms with Gasteiger partial charge in [0.15, 0.2) is 0 Å². The molecule has 1 aromatic carbocycles. The highest BCUT2D eigenvalue weighted by Crippen LogP contribution is 2.33. The topological polar surface area (TPSA) is 0 Å². The molecule has 0 saturated heterocycles. The third kappa shape index (κ3) is 3.37. The molecular formula is C15H23. The predicted octanol–water partition coefficient (Wildman–Crippen LogP) is 4.81. The molecule has 0 nitrogen and oxygen atoms in total. The van der Waals surface area contributed by atoms with E-state index in [1.807, 2.05) is 6.07 Å². The molecule has 15 heavy (non-hydrogen) atoms. The monoisotopic (exact) mass is 203 g/mol. The van der Waals surface area contributed by atoms with Crippen molar-refractivity contribution >= 4 is 0 Å². The normalized spacial score (nSPS) is 13.1. The summed E-state index contributed by atoms with van der Waals surface area (Å²) in [6, 6.07) is 11.9. The molecular weight excluding hydrogens is 180 g/mol. The standard InChI is InChI=1S/C15H23/c1-4-10-15(13(5-2)6-3)14-11-8-7-9-12-14/h7-9,11,13,15H,4-6,10H2,1-3H3. The summed E-state index contributed by atoms with van der Waals surface area (Å²) < 4.78 is 0. The van der Waals surface area contributed by atoms with Crippen molar-refractivity contribution in [3.05, 3.63) is 35.9 Å². The molecule has 0 saturated carbocycles. The zero-order chi connectivity index (χ0) is 11.1. The van der Waals surface area contributed by atoms with E-state index in [-0.39, 0.29) is 0 Å². The van der Waals surface area contributed by atoms with Crippen molar-refractivity contribution in [2.45, 2.75) is 52.4 Å². The van der Waals surface area contributed by atoms with E-state index in [1.165, 1.54) is 31.2 Å². The number of hydrogen-bond donors (Lipinski definition) is 0. The molecule has 1 atom stereocenters. The predicted molar refractivity (Wildman–Crippen MR) is 67.0 cm³/mol. The van der Waals surface area contributed by atoms with Crippen LogP contribution in [0, 0.1) is 12.0 Å². The summed E-state index contributed by atoms with van der Waals surface area (Å²) in [5.74, 6) is 1.54. The van der Waals surface area contributed by atoms with E-state index in [0.717, 1.165) is 5.92 Å². The van der Waals surface area contributed by atoms with Gasteiger partial charge in [0.1, 0.15) is 0 Å². The number of benzene rings is 1. The lowest BCUT2D eigenvalue weighted by Crippen LogP contribution is -2.11. The molecule has 1 unspecified atom stereocenters. The van der Waals surface area contributed by atoms with Crippen LogP contribution in [0.1, 0.15) is 57.9 Å². The van der Waals surface area contributed by atoms with Gasteiger partial charge in [-0.05, 0) is 29.9 Å². The molecule has 0 aliphatic heterocycles. The van der Waals surface area contributed by atoms with Crippen LogP contribution < -0.4 is 0 Å². The molecule has 0 amide bonds. The minimum Gasteiger partial charge on any atom is -0.0654 e. The lowest BCUT2D eigenvalue weighted by atomic mass is 9.80. The first-order valence-electron chi connectivity index (χ1n) is 6.30. The minimum absolute atomic E-state index is 0.714. The van der Waals surface area contributed by atoms with E-state index >= 15 is 0 Å². The van der Waals surface area contributed by atoms with Crippen molar-refractivity contribution in [1.29, 1.82) is 0 Å². The molecule has 0 spiro atoms. The highest BCUT2D eigenvalue weighted by molar-refractivity contribution is 5.18. The van der Waals surface area contributed by atoms with Crippen LogP contribution in [0.4, 0.5) is 0 Å². The fraction of sp³-hybridized carbons (Fsp3) is 0.600. The van der Waals surface area contributed by atoms with Gasteiger partial charge in [-0.3, -0.25) is 0 Å². The molecule has 0 heterocycles. The van der Waals surface area contributed by atoms with Crippen molar-refractivity contribution in [3.8, 4) is 0 Å². The summed E-state index contributed by atoms with van der Waals surface area (Å²) in [4.78, 5) is 0. The first kappa shape index (κ1) is 12.3. The van der Waals surface area contributed by atoms with Crippen molar-refractivity contribution in [2.75, 3.05) is 0 Å². The second kappa shape index (κ2) is 6.66. The molecule has 83 valence electrons. The minimum atomic E-state index is 0.714. The van der Waals surface area contributed by atoms with E-state index in [2.05, 4.69) is 45.0 Å². The van der Waals surface area contributed by atoms with Crippen LogP contribution >= 0.6 is 0 Å². The molecule has 0 heteroatoms. The maximum Gasteiger partial charge on any atom is -0.0128 e. The van der Waals surface area contributed by atoms with Gasteiger partial charge < -0.3 is 0 Å². The van der Waals surface area contributed by atoms with Gasteiger partial charge in [0.25, 0.3) is 0 Å². The van der Waals surface area contributed by atoms with Crippen molar-refractivity contribution in [3.63, 3.8) is 0 Å². The summed E-state index contributed by atoms with van der Waals surface area (Å²) in [6.45, 7) is 6.89. The quantitative estimate of drug-likeness (QED) is 0.622. The summed E-state index contributed by atoms with van der Waals surface area (Å²) >= 11 is 0. The van der Waals surface area contributed by atoms with Gasteiger partial charge in [-0.15, -0.1) is 0 Å². The Morgan fingerprint density at radius 2 is 1.87 bits per heavy atom. The Bertz CT molecular complexity index is 246. The fourth-order valence-corrected chi connectivity index (χ4v) is 2.45. The zero-order valence-electron chi connectivity index (χ0n) is 10.3. The van der Waals surface area contributed by atoms with Gasteiger partial charge in [0.2, 0.25) is 0 Å². The van der Waals surface area contributed by atoms with Crippen LogP contribution in [-0.2, 0) is 0 Å².